The smallest absolute Gasteiger partial charge is 0.238 e. The van der Waals surface area contributed by atoms with Crippen molar-refractivity contribution in [3.8, 4) is 0 Å². The number of amides is 1. The van der Waals surface area contributed by atoms with Crippen molar-refractivity contribution in [2.24, 2.45) is 0 Å². The number of halogens is 5. The van der Waals surface area contributed by atoms with Crippen molar-refractivity contribution in [2.45, 2.75) is 11.8 Å². The van der Waals surface area contributed by atoms with Gasteiger partial charge in [-0.2, -0.15) is 0 Å². The molecule has 0 fully saturated rings. The summed E-state index contributed by atoms with van der Waals surface area (Å²) in [5, 5.41) is 1.74. The van der Waals surface area contributed by atoms with Crippen LogP contribution in [0.3, 0.4) is 0 Å². The summed E-state index contributed by atoms with van der Waals surface area (Å²) in [7, 11) is 0. The molecule has 0 saturated carbocycles. The van der Waals surface area contributed by atoms with Gasteiger partial charge in [0.25, 0.3) is 0 Å². The van der Waals surface area contributed by atoms with E-state index >= 15 is 0 Å². The number of carbonyl (C=O) groups excluding carboxylic acids is 1. The molecule has 1 atom stereocenters. The van der Waals surface area contributed by atoms with E-state index in [0.717, 1.165) is 0 Å². The molecule has 0 unspecified atom stereocenters. The number of hydrogen-bond acceptors (Lipinski definition) is 1. The lowest BCUT2D eigenvalue weighted by molar-refractivity contribution is -0.115. The van der Waals surface area contributed by atoms with E-state index in [0.29, 0.717) is 0 Å². The van der Waals surface area contributed by atoms with E-state index in [4.69, 9.17) is 0 Å². The van der Waals surface area contributed by atoms with Crippen LogP contribution in [-0.4, -0.2) is 10.7 Å². The van der Waals surface area contributed by atoms with Crippen LogP contribution in [0.15, 0.2) is 6.07 Å². The Kier molecular flexibility index (Phi) is 3.90. The summed E-state index contributed by atoms with van der Waals surface area (Å²) >= 11 is 2.84. The van der Waals surface area contributed by atoms with Crippen molar-refractivity contribution >= 4 is 27.5 Å². The Hall–Kier alpha value is -1.11. The highest BCUT2D eigenvalue weighted by atomic mass is 79.9. The van der Waals surface area contributed by atoms with Crippen molar-refractivity contribution in [1.29, 1.82) is 0 Å². The minimum absolute atomic E-state index is 0.0673. The summed E-state index contributed by atoms with van der Waals surface area (Å²) < 4.78 is 51.6. The molecule has 0 aliphatic heterocycles. The first-order valence-electron chi connectivity index (χ1n) is 4.12. The summed E-state index contributed by atoms with van der Waals surface area (Å²) in [4.78, 5) is 10.4. The Morgan fingerprint density at radius 3 is 2.06 bits per heavy atom. The molecule has 0 aliphatic carbocycles. The maximum Gasteiger partial charge on any atom is 0.238 e. The molecular weight excluding hydrogens is 294 g/mol. The van der Waals surface area contributed by atoms with Gasteiger partial charge in [-0.3, -0.25) is 4.79 Å². The highest BCUT2D eigenvalue weighted by molar-refractivity contribution is 9.10. The van der Waals surface area contributed by atoms with Gasteiger partial charge in [0.2, 0.25) is 5.91 Å². The first-order valence-corrected chi connectivity index (χ1v) is 5.04. The number of anilines is 1. The summed E-state index contributed by atoms with van der Waals surface area (Å²) in [6, 6.07) is 0.0673. The highest BCUT2D eigenvalue weighted by Gasteiger charge is 2.21. The number of carbonyl (C=O) groups is 1. The van der Waals surface area contributed by atoms with Gasteiger partial charge < -0.3 is 5.32 Å². The zero-order valence-electron chi connectivity index (χ0n) is 7.95. The molecular formula is C9H6BrF4NO. The van der Waals surface area contributed by atoms with Crippen LogP contribution < -0.4 is 5.32 Å². The van der Waals surface area contributed by atoms with E-state index < -0.39 is 39.7 Å². The van der Waals surface area contributed by atoms with Gasteiger partial charge in [0, 0.05) is 6.07 Å². The molecule has 0 aromatic heterocycles. The molecule has 0 saturated heterocycles. The number of rotatable bonds is 2. The third-order valence-corrected chi connectivity index (χ3v) is 2.14. The second-order valence-electron chi connectivity index (χ2n) is 2.95. The van der Waals surface area contributed by atoms with Gasteiger partial charge in [-0.15, -0.1) is 0 Å². The molecule has 7 heteroatoms. The van der Waals surface area contributed by atoms with Gasteiger partial charge in [0.15, 0.2) is 23.3 Å². The van der Waals surface area contributed by atoms with Crippen LogP contribution >= 0.6 is 15.9 Å². The van der Waals surface area contributed by atoms with Crippen LogP contribution in [0.2, 0.25) is 0 Å². The van der Waals surface area contributed by atoms with Crippen LogP contribution in [0, 0.1) is 23.3 Å². The first kappa shape index (κ1) is 13.0. The van der Waals surface area contributed by atoms with Crippen LogP contribution in [-0.2, 0) is 4.79 Å². The monoisotopic (exact) mass is 299 g/mol. The number of benzene rings is 1. The Morgan fingerprint density at radius 1 is 1.25 bits per heavy atom. The summed E-state index contributed by atoms with van der Waals surface area (Å²) in [6.45, 7) is 1.39. The number of hydrogen-bond donors (Lipinski definition) is 1. The van der Waals surface area contributed by atoms with E-state index in [9.17, 15) is 22.4 Å². The molecule has 1 aromatic carbocycles. The Labute approximate surface area is 96.8 Å². The zero-order valence-corrected chi connectivity index (χ0v) is 9.54. The lowest BCUT2D eigenvalue weighted by atomic mass is 10.2. The third kappa shape index (κ3) is 2.52. The molecule has 16 heavy (non-hydrogen) atoms. The first-order chi connectivity index (χ1) is 7.34. The quantitative estimate of drug-likeness (QED) is 0.508. The standard InChI is InChI=1S/C9H6BrF4NO/c1-3(10)9(16)15-8-6(13)4(11)2-5(12)7(8)14/h2-3H,1H3,(H,15,16)/t3-/m0/s1. The molecule has 0 bridgehead atoms. The summed E-state index contributed by atoms with van der Waals surface area (Å²) in [5.41, 5.74) is -1.13. The van der Waals surface area contributed by atoms with E-state index in [1.54, 1.807) is 5.32 Å². The van der Waals surface area contributed by atoms with Crippen LogP contribution in [0.1, 0.15) is 6.92 Å². The van der Waals surface area contributed by atoms with E-state index in [1.807, 2.05) is 0 Å². The van der Waals surface area contributed by atoms with Crippen molar-refractivity contribution < 1.29 is 22.4 Å². The molecule has 2 nitrogen and oxygen atoms in total. The minimum Gasteiger partial charge on any atom is -0.320 e. The van der Waals surface area contributed by atoms with E-state index in [1.165, 1.54) is 6.92 Å². The van der Waals surface area contributed by atoms with Gasteiger partial charge in [-0.25, -0.2) is 17.6 Å². The van der Waals surface area contributed by atoms with Gasteiger partial charge >= 0.3 is 0 Å². The van der Waals surface area contributed by atoms with Gasteiger partial charge in [-0.05, 0) is 6.92 Å². The Bertz CT molecular complexity index is 410. The lowest BCUT2D eigenvalue weighted by Gasteiger charge is -2.09. The fraction of sp³-hybridized carbons (Fsp3) is 0.222. The molecule has 1 amide bonds. The Balaban J connectivity index is 3.18. The van der Waals surface area contributed by atoms with Crippen molar-refractivity contribution in [3.05, 3.63) is 29.3 Å². The van der Waals surface area contributed by atoms with E-state index in [-0.39, 0.29) is 6.07 Å². The SMILES string of the molecule is C[C@H](Br)C(=O)Nc1c(F)c(F)cc(F)c1F. The van der Waals surface area contributed by atoms with Gasteiger partial charge in [-0.1, -0.05) is 15.9 Å². The number of alkyl halides is 1. The average Bonchev–Trinajstić information content (AvgIpc) is 2.21. The molecule has 1 aromatic rings. The van der Waals surface area contributed by atoms with Crippen molar-refractivity contribution in [1.82, 2.24) is 0 Å². The molecule has 1 rings (SSSR count). The van der Waals surface area contributed by atoms with E-state index in [2.05, 4.69) is 15.9 Å². The fourth-order valence-corrected chi connectivity index (χ4v) is 1.02. The average molecular weight is 300 g/mol. The van der Waals surface area contributed by atoms with Gasteiger partial charge in [0.1, 0.15) is 5.69 Å². The normalized spacial score (nSPS) is 12.4. The van der Waals surface area contributed by atoms with Gasteiger partial charge in [0.05, 0.1) is 4.83 Å². The van der Waals surface area contributed by atoms with Crippen LogP contribution in [0.25, 0.3) is 0 Å². The maximum atomic E-state index is 13.1. The Morgan fingerprint density at radius 2 is 1.69 bits per heavy atom. The molecule has 0 heterocycles. The van der Waals surface area contributed by atoms with Crippen molar-refractivity contribution in [2.75, 3.05) is 5.32 Å². The molecule has 0 spiro atoms. The summed E-state index contributed by atoms with van der Waals surface area (Å²) in [5.74, 6) is -7.24. The van der Waals surface area contributed by atoms with Crippen LogP contribution in [0.4, 0.5) is 23.2 Å². The minimum atomic E-state index is -1.64. The number of nitrogens with one attached hydrogen (secondary N) is 1. The molecule has 88 valence electrons. The second kappa shape index (κ2) is 4.82. The van der Waals surface area contributed by atoms with Crippen LogP contribution in [0.5, 0.6) is 0 Å². The molecule has 0 aliphatic rings. The largest absolute Gasteiger partial charge is 0.320 e. The summed E-state index contributed by atoms with van der Waals surface area (Å²) in [6.07, 6.45) is 0. The highest BCUT2D eigenvalue weighted by Crippen LogP contribution is 2.24. The fourth-order valence-electron chi connectivity index (χ4n) is 0.906. The second-order valence-corrected chi connectivity index (χ2v) is 4.32. The third-order valence-electron chi connectivity index (χ3n) is 1.72. The zero-order chi connectivity index (χ0) is 12.5. The van der Waals surface area contributed by atoms with Crippen molar-refractivity contribution in [3.63, 3.8) is 0 Å². The topological polar surface area (TPSA) is 29.1 Å². The predicted molar refractivity (Wildman–Crippen MR) is 53.3 cm³/mol. The lowest BCUT2D eigenvalue weighted by Crippen LogP contribution is -2.22. The maximum absolute atomic E-state index is 13.1. The molecule has 1 N–H and O–H groups in total. The predicted octanol–water partition coefficient (Wildman–Crippen LogP) is 2.96. The molecule has 0 radical (unpaired) electrons.